The molecule has 0 saturated heterocycles. The molecule has 2 rings (SSSR count). The lowest BCUT2D eigenvalue weighted by molar-refractivity contribution is 0.283. The maximum atomic E-state index is 5.85. The molecule has 4 nitrogen and oxygen atoms in total. The molecule has 5 heteroatoms. The number of thiophene rings is 1. The van der Waals surface area contributed by atoms with Gasteiger partial charge in [0.15, 0.2) is 0 Å². The topological polar surface area (TPSA) is 47.0 Å². The molecule has 0 unspecified atom stereocenters. The van der Waals surface area contributed by atoms with Gasteiger partial charge in [0.25, 0.3) is 0 Å². The van der Waals surface area contributed by atoms with Crippen molar-refractivity contribution in [3.63, 3.8) is 0 Å². The van der Waals surface area contributed by atoms with E-state index in [0.29, 0.717) is 24.4 Å². The van der Waals surface area contributed by atoms with E-state index in [-0.39, 0.29) is 0 Å². The van der Waals surface area contributed by atoms with Gasteiger partial charge in [-0.15, -0.1) is 11.3 Å². The van der Waals surface area contributed by atoms with Crippen molar-refractivity contribution in [1.82, 2.24) is 9.97 Å². The summed E-state index contributed by atoms with van der Waals surface area (Å²) in [6.45, 7) is 10.0. The highest BCUT2D eigenvalue weighted by Crippen LogP contribution is 2.31. The summed E-state index contributed by atoms with van der Waals surface area (Å²) in [7, 11) is 0. The fourth-order valence-electron chi connectivity index (χ4n) is 1.75. The summed E-state index contributed by atoms with van der Waals surface area (Å²) >= 11 is 1.67. The number of fused-ring (bicyclic) bond motifs is 1. The largest absolute Gasteiger partial charge is 0.477 e. The molecular formula is C14H21N3OS. The SMILES string of the molecule is CCNc1nc(OCCC(C)C)c2cc(C)sc2n1. The molecule has 19 heavy (non-hydrogen) atoms. The first kappa shape index (κ1) is 14.1. The molecule has 0 fully saturated rings. The van der Waals surface area contributed by atoms with Crippen LogP contribution in [-0.4, -0.2) is 23.1 Å². The number of nitrogens with zero attached hydrogens (tertiary/aromatic N) is 2. The van der Waals surface area contributed by atoms with E-state index in [9.17, 15) is 0 Å². The number of nitrogens with one attached hydrogen (secondary N) is 1. The number of anilines is 1. The molecule has 0 saturated carbocycles. The Hall–Kier alpha value is -1.36. The number of aryl methyl sites for hydroxylation is 1. The summed E-state index contributed by atoms with van der Waals surface area (Å²) in [6.07, 6.45) is 1.03. The molecule has 0 aliphatic heterocycles. The van der Waals surface area contributed by atoms with Gasteiger partial charge >= 0.3 is 0 Å². The zero-order valence-electron chi connectivity index (χ0n) is 12.0. The molecule has 2 aromatic heterocycles. The van der Waals surface area contributed by atoms with Gasteiger partial charge in [-0.1, -0.05) is 13.8 Å². The minimum absolute atomic E-state index is 0.634. The number of ether oxygens (including phenoxy) is 1. The van der Waals surface area contributed by atoms with Crippen LogP contribution >= 0.6 is 11.3 Å². The Bertz CT molecular complexity index is 551. The van der Waals surface area contributed by atoms with Crippen molar-refractivity contribution in [2.24, 2.45) is 5.92 Å². The highest BCUT2D eigenvalue weighted by atomic mass is 32.1. The van der Waals surface area contributed by atoms with Crippen LogP contribution in [0.1, 0.15) is 32.1 Å². The van der Waals surface area contributed by atoms with Gasteiger partial charge in [0.05, 0.1) is 12.0 Å². The maximum absolute atomic E-state index is 5.85. The monoisotopic (exact) mass is 279 g/mol. The zero-order valence-corrected chi connectivity index (χ0v) is 12.8. The lowest BCUT2D eigenvalue weighted by Gasteiger charge is -2.09. The standard InChI is InChI=1S/C14H21N3OS/c1-5-15-14-16-12(18-7-6-9(2)3)11-8-10(4)19-13(11)17-14/h8-9H,5-7H2,1-4H3,(H,15,16,17). The molecule has 0 aromatic carbocycles. The van der Waals surface area contributed by atoms with Crippen molar-refractivity contribution in [3.05, 3.63) is 10.9 Å². The van der Waals surface area contributed by atoms with Crippen LogP contribution in [0.2, 0.25) is 0 Å². The average molecular weight is 279 g/mol. The molecule has 0 radical (unpaired) electrons. The van der Waals surface area contributed by atoms with E-state index in [2.05, 4.69) is 42.1 Å². The maximum Gasteiger partial charge on any atom is 0.227 e. The van der Waals surface area contributed by atoms with E-state index in [1.165, 1.54) is 4.88 Å². The van der Waals surface area contributed by atoms with Gasteiger partial charge in [0.1, 0.15) is 4.83 Å². The summed E-state index contributed by atoms with van der Waals surface area (Å²) in [5.74, 6) is 1.98. The van der Waals surface area contributed by atoms with Crippen molar-refractivity contribution in [1.29, 1.82) is 0 Å². The van der Waals surface area contributed by atoms with Gasteiger partial charge in [-0.2, -0.15) is 4.98 Å². The third-order valence-corrected chi connectivity index (χ3v) is 3.69. The summed E-state index contributed by atoms with van der Waals surface area (Å²) in [6, 6.07) is 2.10. The molecule has 2 heterocycles. The van der Waals surface area contributed by atoms with Gasteiger partial charge in [-0.3, -0.25) is 0 Å². The molecule has 104 valence electrons. The van der Waals surface area contributed by atoms with Gasteiger partial charge < -0.3 is 10.1 Å². The molecule has 0 spiro atoms. The van der Waals surface area contributed by atoms with E-state index < -0.39 is 0 Å². The second kappa shape index (κ2) is 6.19. The van der Waals surface area contributed by atoms with Gasteiger partial charge in [0, 0.05) is 11.4 Å². The first-order valence-electron chi connectivity index (χ1n) is 6.75. The van der Waals surface area contributed by atoms with Crippen LogP contribution in [0.4, 0.5) is 5.95 Å². The normalized spacial score (nSPS) is 11.2. The Kier molecular flexibility index (Phi) is 4.58. The van der Waals surface area contributed by atoms with Crippen LogP contribution < -0.4 is 10.1 Å². The van der Waals surface area contributed by atoms with E-state index in [0.717, 1.165) is 23.2 Å². The molecule has 1 N–H and O–H groups in total. The lowest BCUT2D eigenvalue weighted by Crippen LogP contribution is -2.06. The first-order valence-corrected chi connectivity index (χ1v) is 7.56. The summed E-state index contributed by atoms with van der Waals surface area (Å²) < 4.78 is 5.85. The predicted octanol–water partition coefficient (Wildman–Crippen LogP) is 3.86. The quantitative estimate of drug-likeness (QED) is 0.872. The number of rotatable bonds is 6. The first-order chi connectivity index (χ1) is 9.10. The highest BCUT2D eigenvalue weighted by molar-refractivity contribution is 7.18. The Labute approximate surface area is 118 Å². The van der Waals surface area contributed by atoms with Crippen LogP contribution in [0.3, 0.4) is 0 Å². The second-order valence-electron chi connectivity index (χ2n) is 4.99. The molecule has 2 aromatic rings. The van der Waals surface area contributed by atoms with Gasteiger partial charge in [0.2, 0.25) is 11.8 Å². The van der Waals surface area contributed by atoms with E-state index in [4.69, 9.17) is 4.74 Å². The molecule has 0 aliphatic rings. The van der Waals surface area contributed by atoms with Crippen molar-refractivity contribution in [2.75, 3.05) is 18.5 Å². The molecule has 0 atom stereocenters. The number of aromatic nitrogens is 2. The summed E-state index contributed by atoms with van der Waals surface area (Å²) in [5, 5.41) is 4.17. The Morgan fingerprint density at radius 3 is 2.84 bits per heavy atom. The van der Waals surface area contributed by atoms with Crippen molar-refractivity contribution >= 4 is 27.5 Å². The number of hydrogen-bond donors (Lipinski definition) is 1. The molecule has 0 aliphatic carbocycles. The minimum Gasteiger partial charge on any atom is -0.477 e. The van der Waals surface area contributed by atoms with Crippen molar-refractivity contribution in [2.45, 2.75) is 34.1 Å². The average Bonchev–Trinajstić information content (AvgIpc) is 2.69. The zero-order chi connectivity index (χ0) is 13.8. The van der Waals surface area contributed by atoms with Crippen LogP contribution in [0.5, 0.6) is 5.88 Å². The Morgan fingerprint density at radius 2 is 2.16 bits per heavy atom. The fourth-order valence-corrected chi connectivity index (χ4v) is 2.62. The summed E-state index contributed by atoms with van der Waals surface area (Å²) in [5.41, 5.74) is 0. The molecule has 0 amide bonds. The minimum atomic E-state index is 0.634. The van der Waals surface area contributed by atoms with Crippen molar-refractivity contribution < 1.29 is 4.74 Å². The van der Waals surface area contributed by atoms with Gasteiger partial charge in [-0.05, 0) is 32.3 Å². The van der Waals surface area contributed by atoms with E-state index >= 15 is 0 Å². The Morgan fingerprint density at radius 1 is 1.37 bits per heavy atom. The van der Waals surface area contributed by atoms with Crippen molar-refractivity contribution in [3.8, 4) is 5.88 Å². The van der Waals surface area contributed by atoms with Crippen LogP contribution in [0, 0.1) is 12.8 Å². The van der Waals surface area contributed by atoms with E-state index in [1.807, 2.05) is 6.92 Å². The second-order valence-corrected chi connectivity index (χ2v) is 6.22. The predicted molar refractivity (Wildman–Crippen MR) is 81.3 cm³/mol. The Balaban J connectivity index is 2.27. The third kappa shape index (κ3) is 3.56. The van der Waals surface area contributed by atoms with Gasteiger partial charge in [-0.25, -0.2) is 4.98 Å². The number of hydrogen-bond acceptors (Lipinski definition) is 5. The van der Waals surface area contributed by atoms with Crippen LogP contribution in [0.15, 0.2) is 6.07 Å². The lowest BCUT2D eigenvalue weighted by atomic mass is 10.1. The smallest absolute Gasteiger partial charge is 0.227 e. The molecular weight excluding hydrogens is 258 g/mol. The van der Waals surface area contributed by atoms with Crippen LogP contribution in [0.25, 0.3) is 10.2 Å². The third-order valence-electron chi connectivity index (χ3n) is 2.75. The molecule has 0 bridgehead atoms. The highest BCUT2D eigenvalue weighted by Gasteiger charge is 2.11. The van der Waals surface area contributed by atoms with E-state index in [1.54, 1.807) is 11.3 Å². The summed E-state index contributed by atoms with van der Waals surface area (Å²) in [4.78, 5) is 11.2. The van der Waals surface area contributed by atoms with Crippen LogP contribution in [-0.2, 0) is 0 Å². The fraction of sp³-hybridized carbons (Fsp3) is 0.571.